The standard InChI is InChI=1S/C17H20ClF3N2O3/c18-12-1-2-14(13(11-12)17(19,20)21)22-6-3-15(24)23-7-4-16(5-8-23)25-9-10-26-16/h1-2,11,22H,3-10H2. The van der Waals surface area contributed by atoms with Crippen molar-refractivity contribution in [3.63, 3.8) is 0 Å². The van der Waals surface area contributed by atoms with Crippen LogP contribution in [0.3, 0.4) is 0 Å². The van der Waals surface area contributed by atoms with E-state index in [1.54, 1.807) is 4.90 Å². The van der Waals surface area contributed by atoms with Gasteiger partial charge in [-0.25, -0.2) is 0 Å². The van der Waals surface area contributed by atoms with Crippen LogP contribution in [-0.4, -0.2) is 49.4 Å². The van der Waals surface area contributed by atoms with E-state index in [-0.39, 0.29) is 29.6 Å². The second kappa shape index (κ2) is 7.62. The fraction of sp³-hybridized carbons (Fsp3) is 0.588. The van der Waals surface area contributed by atoms with Crippen molar-refractivity contribution >= 4 is 23.2 Å². The SMILES string of the molecule is O=C(CCNc1ccc(Cl)cc1C(F)(F)F)N1CCC2(CC1)OCCO2. The Labute approximate surface area is 154 Å². The fourth-order valence-corrected chi connectivity index (χ4v) is 3.42. The lowest BCUT2D eigenvalue weighted by Crippen LogP contribution is -2.47. The quantitative estimate of drug-likeness (QED) is 0.851. The number of halogens is 4. The third-order valence-electron chi connectivity index (χ3n) is 4.63. The van der Waals surface area contributed by atoms with Gasteiger partial charge in [0.05, 0.1) is 18.8 Å². The minimum absolute atomic E-state index is 0.0116. The zero-order chi connectivity index (χ0) is 18.8. The number of hydrogen-bond donors (Lipinski definition) is 1. The molecule has 0 unspecified atom stereocenters. The molecule has 1 amide bonds. The molecule has 1 N–H and O–H groups in total. The number of likely N-dealkylation sites (tertiary alicyclic amines) is 1. The third kappa shape index (κ3) is 4.42. The summed E-state index contributed by atoms with van der Waals surface area (Å²) >= 11 is 5.65. The number of ether oxygens (including phenoxy) is 2. The highest BCUT2D eigenvalue weighted by Crippen LogP contribution is 2.36. The van der Waals surface area contributed by atoms with Crippen molar-refractivity contribution in [3.8, 4) is 0 Å². The van der Waals surface area contributed by atoms with Crippen molar-refractivity contribution in [2.45, 2.75) is 31.2 Å². The Hall–Kier alpha value is -1.51. The highest BCUT2D eigenvalue weighted by Gasteiger charge is 2.40. The first-order valence-electron chi connectivity index (χ1n) is 8.45. The Morgan fingerprint density at radius 1 is 1.23 bits per heavy atom. The maximum atomic E-state index is 13.1. The number of nitrogens with zero attached hydrogens (tertiary/aromatic N) is 1. The summed E-state index contributed by atoms with van der Waals surface area (Å²) in [7, 11) is 0. The van der Waals surface area contributed by atoms with Gasteiger partial charge in [0.25, 0.3) is 0 Å². The van der Waals surface area contributed by atoms with Crippen LogP contribution >= 0.6 is 11.6 Å². The molecule has 2 heterocycles. The molecule has 1 spiro atoms. The Balaban J connectivity index is 1.50. The highest BCUT2D eigenvalue weighted by molar-refractivity contribution is 6.30. The molecule has 0 radical (unpaired) electrons. The van der Waals surface area contributed by atoms with Gasteiger partial charge < -0.3 is 19.7 Å². The maximum absolute atomic E-state index is 13.1. The van der Waals surface area contributed by atoms with E-state index in [2.05, 4.69) is 5.32 Å². The number of carbonyl (C=O) groups is 1. The average molecular weight is 393 g/mol. The zero-order valence-electron chi connectivity index (χ0n) is 14.1. The molecule has 5 nitrogen and oxygen atoms in total. The van der Waals surface area contributed by atoms with Gasteiger partial charge in [-0.05, 0) is 18.2 Å². The van der Waals surface area contributed by atoms with E-state index in [4.69, 9.17) is 21.1 Å². The molecule has 2 saturated heterocycles. The van der Waals surface area contributed by atoms with Crippen molar-refractivity contribution < 1.29 is 27.4 Å². The van der Waals surface area contributed by atoms with Crippen LogP contribution in [0.15, 0.2) is 18.2 Å². The summed E-state index contributed by atoms with van der Waals surface area (Å²) in [4.78, 5) is 14.0. The van der Waals surface area contributed by atoms with E-state index >= 15 is 0 Å². The molecule has 144 valence electrons. The Bertz CT molecular complexity index is 653. The predicted octanol–water partition coefficient (Wildman–Crippen LogP) is 3.53. The van der Waals surface area contributed by atoms with Crippen molar-refractivity contribution in [2.24, 2.45) is 0 Å². The van der Waals surface area contributed by atoms with Gasteiger partial charge in [0, 0.05) is 49.6 Å². The van der Waals surface area contributed by atoms with E-state index in [0.29, 0.717) is 39.1 Å². The van der Waals surface area contributed by atoms with Gasteiger partial charge in [0.15, 0.2) is 5.79 Å². The van der Waals surface area contributed by atoms with Gasteiger partial charge in [-0.2, -0.15) is 13.2 Å². The monoisotopic (exact) mass is 392 g/mol. The van der Waals surface area contributed by atoms with Crippen LogP contribution in [0.4, 0.5) is 18.9 Å². The number of carbonyl (C=O) groups excluding carboxylic acids is 1. The topological polar surface area (TPSA) is 50.8 Å². The Kier molecular flexibility index (Phi) is 5.64. The molecule has 2 fully saturated rings. The van der Waals surface area contributed by atoms with Gasteiger partial charge in [-0.1, -0.05) is 11.6 Å². The van der Waals surface area contributed by atoms with Crippen LogP contribution in [0.2, 0.25) is 5.02 Å². The highest BCUT2D eigenvalue weighted by atomic mass is 35.5. The molecule has 0 saturated carbocycles. The molecule has 26 heavy (non-hydrogen) atoms. The van der Waals surface area contributed by atoms with E-state index in [0.717, 1.165) is 6.07 Å². The normalized spacial score (nSPS) is 19.8. The molecule has 1 aromatic rings. The number of rotatable bonds is 4. The van der Waals surface area contributed by atoms with Gasteiger partial charge in [-0.15, -0.1) is 0 Å². The summed E-state index contributed by atoms with van der Waals surface area (Å²) < 4.78 is 50.4. The summed E-state index contributed by atoms with van der Waals surface area (Å²) in [6, 6.07) is 3.53. The molecule has 9 heteroatoms. The van der Waals surface area contributed by atoms with Crippen LogP contribution in [-0.2, 0) is 20.4 Å². The lowest BCUT2D eigenvalue weighted by Gasteiger charge is -2.37. The first-order chi connectivity index (χ1) is 12.3. The zero-order valence-corrected chi connectivity index (χ0v) is 14.8. The molecule has 0 aromatic heterocycles. The smallest absolute Gasteiger partial charge is 0.384 e. The summed E-state index contributed by atoms with van der Waals surface area (Å²) in [5.74, 6) is -0.659. The first kappa shape index (κ1) is 19.3. The summed E-state index contributed by atoms with van der Waals surface area (Å²) in [6.07, 6.45) is -3.18. The first-order valence-corrected chi connectivity index (χ1v) is 8.83. The molecular weight excluding hydrogens is 373 g/mol. The molecule has 2 aliphatic heterocycles. The average Bonchev–Trinajstić information content (AvgIpc) is 3.04. The fourth-order valence-electron chi connectivity index (χ4n) is 3.25. The number of piperidine rings is 1. The number of nitrogens with one attached hydrogen (secondary N) is 1. The lowest BCUT2D eigenvalue weighted by atomic mass is 10.0. The van der Waals surface area contributed by atoms with Gasteiger partial charge in [0.2, 0.25) is 5.91 Å². The van der Waals surface area contributed by atoms with Crippen LogP contribution in [0.25, 0.3) is 0 Å². The largest absolute Gasteiger partial charge is 0.418 e. The van der Waals surface area contributed by atoms with Gasteiger partial charge in [0.1, 0.15) is 0 Å². The molecule has 1 aromatic carbocycles. The molecule has 3 rings (SSSR count). The summed E-state index contributed by atoms with van der Waals surface area (Å²) in [6.45, 7) is 2.29. The second-order valence-electron chi connectivity index (χ2n) is 6.35. The second-order valence-corrected chi connectivity index (χ2v) is 6.79. The minimum atomic E-state index is -4.51. The van der Waals surface area contributed by atoms with E-state index < -0.39 is 17.5 Å². The lowest BCUT2D eigenvalue weighted by molar-refractivity contribution is -0.187. The predicted molar refractivity (Wildman–Crippen MR) is 90.0 cm³/mol. The van der Waals surface area contributed by atoms with Crippen LogP contribution in [0.1, 0.15) is 24.8 Å². The van der Waals surface area contributed by atoms with Crippen LogP contribution in [0, 0.1) is 0 Å². The van der Waals surface area contributed by atoms with Gasteiger partial charge in [-0.3, -0.25) is 4.79 Å². The molecule has 0 bridgehead atoms. The van der Waals surface area contributed by atoms with E-state index in [9.17, 15) is 18.0 Å². The number of alkyl halides is 3. The van der Waals surface area contributed by atoms with E-state index in [1.165, 1.54) is 12.1 Å². The molecule has 0 atom stereocenters. The third-order valence-corrected chi connectivity index (χ3v) is 4.87. The Morgan fingerprint density at radius 2 is 1.88 bits per heavy atom. The number of amides is 1. The van der Waals surface area contributed by atoms with Crippen molar-refractivity contribution in [2.75, 3.05) is 38.2 Å². The van der Waals surface area contributed by atoms with Crippen molar-refractivity contribution in [1.82, 2.24) is 4.90 Å². The van der Waals surface area contributed by atoms with Crippen molar-refractivity contribution in [3.05, 3.63) is 28.8 Å². The molecule has 0 aliphatic carbocycles. The van der Waals surface area contributed by atoms with Crippen molar-refractivity contribution in [1.29, 1.82) is 0 Å². The van der Waals surface area contributed by atoms with Gasteiger partial charge >= 0.3 is 6.18 Å². The number of anilines is 1. The van der Waals surface area contributed by atoms with Crippen LogP contribution in [0.5, 0.6) is 0 Å². The maximum Gasteiger partial charge on any atom is 0.418 e. The summed E-state index contributed by atoms with van der Waals surface area (Å²) in [5.41, 5.74) is -0.923. The minimum Gasteiger partial charge on any atom is -0.384 e. The molecule has 2 aliphatic rings. The summed E-state index contributed by atoms with van der Waals surface area (Å²) in [5, 5.41) is 2.70. The Morgan fingerprint density at radius 3 is 2.50 bits per heavy atom. The number of benzene rings is 1. The molecular formula is C17H20ClF3N2O3. The van der Waals surface area contributed by atoms with E-state index in [1.807, 2.05) is 0 Å². The number of hydrogen-bond acceptors (Lipinski definition) is 4. The van der Waals surface area contributed by atoms with Crippen LogP contribution < -0.4 is 5.32 Å².